The highest BCUT2D eigenvalue weighted by Gasteiger charge is 2.13. The zero-order valence-corrected chi connectivity index (χ0v) is 13.7. The summed E-state index contributed by atoms with van der Waals surface area (Å²) in [6.07, 6.45) is 0. The summed E-state index contributed by atoms with van der Waals surface area (Å²) in [7, 11) is 0. The van der Waals surface area contributed by atoms with E-state index in [9.17, 15) is 0 Å². The van der Waals surface area contributed by atoms with Crippen LogP contribution in [-0.2, 0) is 0 Å². The predicted octanol–water partition coefficient (Wildman–Crippen LogP) is 5.03. The van der Waals surface area contributed by atoms with Crippen molar-refractivity contribution < 1.29 is 0 Å². The number of nitrogens with zero attached hydrogens (tertiary/aromatic N) is 4. The number of aromatic nitrogens is 4. The van der Waals surface area contributed by atoms with Gasteiger partial charge >= 0.3 is 0 Å². The summed E-state index contributed by atoms with van der Waals surface area (Å²) in [5.41, 5.74) is 4.57. The molecule has 0 aliphatic heterocycles. The van der Waals surface area contributed by atoms with Crippen molar-refractivity contribution in [3.63, 3.8) is 0 Å². The van der Waals surface area contributed by atoms with E-state index >= 15 is 0 Å². The molecule has 26 heavy (non-hydrogen) atoms. The number of rotatable bonds is 0. The van der Waals surface area contributed by atoms with Crippen molar-refractivity contribution in [2.24, 2.45) is 0 Å². The average molecular weight is 332 g/mol. The van der Waals surface area contributed by atoms with Gasteiger partial charge in [-0.2, -0.15) is 0 Å². The third-order valence-electron chi connectivity index (χ3n) is 4.85. The fourth-order valence-corrected chi connectivity index (χ4v) is 3.67. The second-order valence-electron chi connectivity index (χ2n) is 6.37. The first-order valence-corrected chi connectivity index (χ1v) is 8.52. The standard InChI is InChI=1S/C22H12N4/c1-3-9-15-13(7-1)14-8-2-4-10-16(14)20-19(15)25-21-22(26-20)24-18-12-6-5-11-17(18)23-21/h1-12H. The second-order valence-corrected chi connectivity index (χ2v) is 6.37. The lowest BCUT2D eigenvalue weighted by Crippen LogP contribution is -1.96. The van der Waals surface area contributed by atoms with Crippen LogP contribution in [-0.4, -0.2) is 19.9 Å². The Morgan fingerprint density at radius 3 is 1.23 bits per heavy atom. The number of benzene rings is 4. The van der Waals surface area contributed by atoms with E-state index in [0.29, 0.717) is 11.3 Å². The lowest BCUT2D eigenvalue weighted by Gasteiger charge is -2.09. The highest BCUT2D eigenvalue weighted by atomic mass is 15.0. The van der Waals surface area contributed by atoms with E-state index in [1.807, 2.05) is 36.4 Å². The van der Waals surface area contributed by atoms with Gasteiger partial charge in [0.2, 0.25) is 0 Å². The number of para-hydroxylation sites is 2. The van der Waals surface area contributed by atoms with Crippen molar-refractivity contribution >= 4 is 54.9 Å². The molecule has 6 aromatic rings. The van der Waals surface area contributed by atoms with Crippen molar-refractivity contribution in [1.82, 2.24) is 19.9 Å². The van der Waals surface area contributed by atoms with Crippen LogP contribution in [0.5, 0.6) is 0 Å². The Balaban J connectivity index is 1.91. The van der Waals surface area contributed by atoms with Crippen LogP contribution in [0.2, 0.25) is 0 Å². The molecule has 0 fully saturated rings. The van der Waals surface area contributed by atoms with Gasteiger partial charge < -0.3 is 0 Å². The summed E-state index contributed by atoms with van der Waals surface area (Å²) in [4.78, 5) is 19.1. The number of fused-ring (bicyclic) bond motifs is 8. The Hall–Kier alpha value is -3.66. The van der Waals surface area contributed by atoms with Gasteiger partial charge in [0.1, 0.15) is 0 Å². The molecular formula is C22H12N4. The lowest BCUT2D eigenvalue weighted by molar-refractivity contribution is 1.26. The summed E-state index contributed by atoms with van der Waals surface area (Å²) in [5, 5.41) is 4.53. The molecule has 120 valence electrons. The molecule has 0 spiro atoms. The van der Waals surface area contributed by atoms with Gasteiger partial charge in [0.15, 0.2) is 11.3 Å². The molecule has 0 radical (unpaired) electrons. The molecule has 0 N–H and O–H groups in total. The van der Waals surface area contributed by atoms with Gasteiger partial charge in [0.25, 0.3) is 0 Å². The van der Waals surface area contributed by atoms with E-state index in [1.165, 1.54) is 10.8 Å². The van der Waals surface area contributed by atoms with Gasteiger partial charge in [-0.05, 0) is 22.9 Å². The molecule has 4 nitrogen and oxygen atoms in total. The molecule has 2 aromatic heterocycles. The molecule has 0 bridgehead atoms. The minimum atomic E-state index is 0.580. The maximum absolute atomic E-state index is 4.87. The van der Waals surface area contributed by atoms with Crippen LogP contribution in [0.3, 0.4) is 0 Å². The van der Waals surface area contributed by atoms with E-state index in [-0.39, 0.29) is 0 Å². The molecule has 0 saturated carbocycles. The molecule has 0 atom stereocenters. The van der Waals surface area contributed by atoms with E-state index < -0.39 is 0 Å². The van der Waals surface area contributed by atoms with Crippen LogP contribution in [0.15, 0.2) is 72.8 Å². The normalized spacial score (nSPS) is 11.8. The Labute approximate surface area is 148 Å². The monoisotopic (exact) mass is 332 g/mol. The maximum atomic E-state index is 4.87. The van der Waals surface area contributed by atoms with E-state index in [1.54, 1.807) is 0 Å². The van der Waals surface area contributed by atoms with Crippen molar-refractivity contribution in [2.45, 2.75) is 0 Å². The van der Waals surface area contributed by atoms with Crippen LogP contribution in [0.25, 0.3) is 54.9 Å². The van der Waals surface area contributed by atoms with Crippen LogP contribution in [0, 0.1) is 0 Å². The molecule has 0 unspecified atom stereocenters. The van der Waals surface area contributed by atoms with Gasteiger partial charge in [0.05, 0.1) is 22.1 Å². The van der Waals surface area contributed by atoms with Gasteiger partial charge in [-0.15, -0.1) is 0 Å². The topological polar surface area (TPSA) is 51.6 Å². The van der Waals surface area contributed by atoms with Crippen LogP contribution in [0.1, 0.15) is 0 Å². The average Bonchev–Trinajstić information content (AvgIpc) is 2.71. The van der Waals surface area contributed by atoms with Crippen LogP contribution in [0.4, 0.5) is 0 Å². The van der Waals surface area contributed by atoms with Crippen molar-refractivity contribution in [2.75, 3.05) is 0 Å². The fourth-order valence-electron chi connectivity index (χ4n) is 3.67. The van der Waals surface area contributed by atoms with Gasteiger partial charge in [0, 0.05) is 10.8 Å². The van der Waals surface area contributed by atoms with Crippen molar-refractivity contribution in [1.29, 1.82) is 0 Å². The summed E-state index contributed by atoms with van der Waals surface area (Å²) in [6, 6.07) is 24.5. The van der Waals surface area contributed by atoms with Gasteiger partial charge in [-0.1, -0.05) is 60.7 Å². The molecule has 0 aliphatic carbocycles. The van der Waals surface area contributed by atoms with Crippen molar-refractivity contribution in [3.05, 3.63) is 72.8 Å². The quantitative estimate of drug-likeness (QED) is 0.289. The highest BCUT2D eigenvalue weighted by Crippen LogP contribution is 2.33. The predicted molar refractivity (Wildman–Crippen MR) is 105 cm³/mol. The minimum Gasteiger partial charge on any atom is -0.224 e. The molecule has 4 aromatic carbocycles. The number of hydrogen-bond acceptors (Lipinski definition) is 4. The first-order chi connectivity index (χ1) is 12.9. The SMILES string of the molecule is c1ccc2nc3nc4c5ccccc5c5ccccc5c4nc3nc2c1. The van der Waals surface area contributed by atoms with Gasteiger partial charge in [-0.3, -0.25) is 0 Å². The molecule has 0 saturated heterocycles. The van der Waals surface area contributed by atoms with Crippen LogP contribution >= 0.6 is 0 Å². The van der Waals surface area contributed by atoms with E-state index in [0.717, 1.165) is 32.8 Å². The third-order valence-corrected chi connectivity index (χ3v) is 4.85. The summed E-state index contributed by atoms with van der Waals surface area (Å²) < 4.78 is 0. The van der Waals surface area contributed by atoms with E-state index in [2.05, 4.69) is 46.4 Å². The molecule has 2 heterocycles. The Bertz CT molecular complexity index is 1370. The fraction of sp³-hybridized carbons (Fsp3) is 0. The molecule has 6 rings (SSSR count). The van der Waals surface area contributed by atoms with E-state index in [4.69, 9.17) is 9.97 Å². The molecule has 4 heteroatoms. The Morgan fingerprint density at radius 2 is 0.769 bits per heavy atom. The summed E-state index contributed by atoms with van der Waals surface area (Å²) >= 11 is 0. The first-order valence-electron chi connectivity index (χ1n) is 8.52. The zero-order chi connectivity index (χ0) is 17.1. The highest BCUT2D eigenvalue weighted by molar-refractivity contribution is 6.23. The first kappa shape index (κ1) is 13.6. The molecule has 0 aliphatic rings. The number of hydrogen-bond donors (Lipinski definition) is 0. The Kier molecular flexibility index (Phi) is 2.58. The smallest absolute Gasteiger partial charge is 0.199 e. The lowest BCUT2D eigenvalue weighted by atomic mass is 10.00. The summed E-state index contributed by atoms with van der Waals surface area (Å²) in [5.74, 6) is 0. The summed E-state index contributed by atoms with van der Waals surface area (Å²) in [6.45, 7) is 0. The maximum Gasteiger partial charge on any atom is 0.199 e. The van der Waals surface area contributed by atoms with Crippen LogP contribution < -0.4 is 0 Å². The van der Waals surface area contributed by atoms with Crippen molar-refractivity contribution in [3.8, 4) is 0 Å². The molecule has 0 amide bonds. The largest absolute Gasteiger partial charge is 0.224 e. The minimum absolute atomic E-state index is 0.580. The second kappa shape index (κ2) is 4.92. The van der Waals surface area contributed by atoms with Gasteiger partial charge in [-0.25, -0.2) is 19.9 Å². The Morgan fingerprint density at radius 1 is 0.385 bits per heavy atom. The zero-order valence-electron chi connectivity index (χ0n) is 13.7. The third kappa shape index (κ3) is 1.78. The molecular weight excluding hydrogens is 320 g/mol.